The molecule has 0 unspecified atom stereocenters. The highest BCUT2D eigenvalue weighted by Gasteiger charge is 2.41. The van der Waals surface area contributed by atoms with Crippen LogP contribution < -0.4 is 16.2 Å². The van der Waals surface area contributed by atoms with E-state index in [-0.39, 0.29) is 18.8 Å². The first-order valence-corrected chi connectivity index (χ1v) is 10.8. The van der Waals surface area contributed by atoms with Gasteiger partial charge in [-0.25, -0.2) is 9.97 Å². The van der Waals surface area contributed by atoms with Crippen molar-refractivity contribution in [2.24, 2.45) is 10.9 Å². The molecule has 8 nitrogen and oxygen atoms in total. The summed E-state index contributed by atoms with van der Waals surface area (Å²) in [6, 6.07) is 6.22. The smallest absolute Gasteiger partial charge is 0.142 e. The summed E-state index contributed by atoms with van der Waals surface area (Å²) < 4.78 is 6.29. The van der Waals surface area contributed by atoms with Crippen molar-refractivity contribution in [1.29, 1.82) is 0 Å². The summed E-state index contributed by atoms with van der Waals surface area (Å²) in [5.41, 5.74) is 15.8. The summed E-state index contributed by atoms with van der Waals surface area (Å²) >= 11 is 0. The minimum atomic E-state index is -0.622. The van der Waals surface area contributed by atoms with Crippen LogP contribution in [-0.4, -0.2) is 45.6 Å². The van der Waals surface area contributed by atoms with E-state index < -0.39 is 11.5 Å². The van der Waals surface area contributed by atoms with Crippen LogP contribution in [0.2, 0.25) is 0 Å². The predicted molar refractivity (Wildman–Crippen MR) is 120 cm³/mol. The minimum absolute atomic E-state index is 0.0983. The number of aliphatic hydroxyl groups excluding tert-OH is 1. The first-order valence-electron chi connectivity index (χ1n) is 10.8. The number of aromatic nitrogens is 2. The Morgan fingerprint density at radius 2 is 1.94 bits per heavy atom. The molecule has 2 aliphatic rings. The lowest BCUT2D eigenvalue weighted by Crippen LogP contribution is -2.36. The Balaban J connectivity index is 1.76. The lowest BCUT2D eigenvalue weighted by Gasteiger charge is -2.35. The van der Waals surface area contributed by atoms with Crippen LogP contribution in [0.3, 0.4) is 0 Å². The normalized spacial score (nSPS) is 24.2. The summed E-state index contributed by atoms with van der Waals surface area (Å²) in [6.45, 7) is 5.80. The molecule has 0 aliphatic heterocycles. The van der Waals surface area contributed by atoms with E-state index in [0.29, 0.717) is 11.5 Å². The Labute approximate surface area is 182 Å². The highest BCUT2D eigenvalue weighted by Crippen LogP contribution is 2.45. The molecule has 2 aromatic rings. The second kappa shape index (κ2) is 8.43. The van der Waals surface area contributed by atoms with Gasteiger partial charge in [0.05, 0.1) is 23.6 Å². The van der Waals surface area contributed by atoms with E-state index in [4.69, 9.17) is 21.0 Å². The average molecular weight is 426 g/mol. The van der Waals surface area contributed by atoms with Crippen LogP contribution in [-0.2, 0) is 10.3 Å². The van der Waals surface area contributed by atoms with Gasteiger partial charge >= 0.3 is 0 Å². The molecule has 4 rings (SSSR count). The van der Waals surface area contributed by atoms with Gasteiger partial charge in [0.2, 0.25) is 0 Å². The Bertz CT molecular complexity index is 981. The largest absolute Gasteiger partial charge is 0.490 e. The zero-order chi connectivity index (χ0) is 22.2. The molecule has 2 aliphatic carbocycles. The molecule has 1 fully saturated rings. The van der Waals surface area contributed by atoms with Crippen molar-refractivity contribution in [2.45, 2.75) is 70.1 Å². The molecule has 31 heavy (non-hydrogen) atoms. The fraction of sp³-hybridized carbons (Fsp3) is 0.522. The molecule has 0 spiro atoms. The second-order valence-electron chi connectivity index (χ2n) is 9.05. The number of ether oxygens (including phenoxy) is 1. The third-order valence-electron chi connectivity index (χ3n) is 6.09. The topological polar surface area (TPSA) is 129 Å². The number of hydrogen-bond acceptors (Lipinski definition) is 8. The van der Waals surface area contributed by atoms with Crippen molar-refractivity contribution in [3.05, 3.63) is 35.7 Å². The van der Waals surface area contributed by atoms with E-state index in [1.54, 1.807) is 6.92 Å². The Hall–Kier alpha value is -2.71. The number of anilines is 1. The molecule has 1 saturated carbocycles. The van der Waals surface area contributed by atoms with Crippen LogP contribution >= 0.6 is 0 Å². The zero-order valence-corrected chi connectivity index (χ0v) is 18.3. The highest BCUT2D eigenvalue weighted by atomic mass is 16.6. The summed E-state index contributed by atoms with van der Waals surface area (Å²) in [6.07, 6.45) is 4.88. The van der Waals surface area contributed by atoms with E-state index >= 15 is 0 Å². The van der Waals surface area contributed by atoms with E-state index in [9.17, 15) is 5.11 Å². The second-order valence-corrected chi connectivity index (χ2v) is 9.05. The van der Waals surface area contributed by atoms with Crippen molar-refractivity contribution >= 4 is 11.5 Å². The number of nitrogens with zero attached hydrogens (tertiary/aromatic N) is 3. The molecular weight excluding hydrogens is 394 g/mol. The van der Waals surface area contributed by atoms with Gasteiger partial charge in [0.25, 0.3) is 0 Å². The molecule has 5 N–H and O–H groups in total. The average Bonchev–Trinajstić information content (AvgIpc) is 2.71. The maximum atomic E-state index is 9.59. The third kappa shape index (κ3) is 4.22. The first-order chi connectivity index (χ1) is 14.8. The van der Waals surface area contributed by atoms with Crippen LogP contribution in [0.4, 0.5) is 5.82 Å². The fourth-order valence-corrected chi connectivity index (χ4v) is 4.45. The minimum Gasteiger partial charge on any atom is -0.490 e. The summed E-state index contributed by atoms with van der Waals surface area (Å²) in [5, 5.41) is 14.0. The van der Waals surface area contributed by atoms with Gasteiger partial charge < -0.3 is 26.1 Å². The van der Waals surface area contributed by atoms with Gasteiger partial charge in [-0.05, 0) is 64.7 Å². The van der Waals surface area contributed by atoms with Gasteiger partial charge in [-0.2, -0.15) is 0 Å². The SMILES string of the molecule is C[C@@H](O)CO/N=C1\c2cc(O[C@H]3CC[C@H](N)CC3)ccc2-c2ncnc(N)c2C1(C)C. The van der Waals surface area contributed by atoms with Gasteiger partial charge in [0, 0.05) is 28.1 Å². The summed E-state index contributed by atoms with van der Waals surface area (Å²) in [5.74, 6) is 1.20. The van der Waals surface area contributed by atoms with Gasteiger partial charge in [0.15, 0.2) is 0 Å². The molecule has 0 radical (unpaired) electrons. The molecule has 1 aromatic heterocycles. The molecule has 1 atom stereocenters. The first kappa shape index (κ1) is 21.5. The van der Waals surface area contributed by atoms with Crippen molar-refractivity contribution in [3.63, 3.8) is 0 Å². The zero-order valence-electron chi connectivity index (χ0n) is 18.3. The molecular formula is C23H31N5O3. The van der Waals surface area contributed by atoms with E-state index in [0.717, 1.165) is 53.8 Å². The Kier molecular flexibility index (Phi) is 5.85. The van der Waals surface area contributed by atoms with Gasteiger partial charge in [-0.15, -0.1) is 0 Å². The lowest BCUT2D eigenvalue weighted by molar-refractivity contribution is 0.0493. The molecule has 0 amide bonds. The highest BCUT2D eigenvalue weighted by molar-refractivity contribution is 6.15. The number of benzene rings is 1. The standard InChI is InChI=1S/C23H31N5O3/c1-13(29)11-30-28-21-18-10-16(31-15-6-4-14(24)5-7-15)8-9-17(18)20-19(23(21,2)3)22(25)27-12-26-20/h8-10,12-15,29H,4-7,11,24H2,1-3H3,(H2,25,26,27)/b28-21+/t13-,14-,15-/m1/s1. The van der Waals surface area contributed by atoms with Gasteiger partial charge in [0.1, 0.15) is 24.5 Å². The van der Waals surface area contributed by atoms with E-state index in [1.807, 2.05) is 32.0 Å². The molecule has 166 valence electrons. The van der Waals surface area contributed by atoms with Gasteiger partial charge in [-0.1, -0.05) is 5.16 Å². The van der Waals surface area contributed by atoms with Crippen molar-refractivity contribution in [2.75, 3.05) is 12.3 Å². The fourth-order valence-electron chi connectivity index (χ4n) is 4.45. The number of rotatable bonds is 5. The maximum Gasteiger partial charge on any atom is 0.142 e. The number of aliphatic hydroxyl groups is 1. The lowest BCUT2D eigenvalue weighted by atomic mass is 9.70. The third-order valence-corrected chi connectivity index (χ3v) is 6.09. The Morgan fingerprint density at radius 3 is 2.65 bits per heavy atom. The van der Waals surface area contributed by atoms with Crippen molar-refractivity contribution < 1.29 is 14.7 Å². The number of nitrogen functional groups attached to an aromatic ring is 1. The Morgan fingerprint density at radius 1 is 1.19 bits per heavy atom. The van der Waals surface area contributed by atoms with Gasteiger partial charge in [-0.3, -0.25) is 0 Å². The van der Waals surface area contributed by atoms with Crippen LogP contribution in [0.1, 0.15) is 57.6 Å². The molecule has 8 heteroatoms. The van der Waals surface area contributed by atoms with E-state index in [2.05, 4.69) is 15.1 Å². The van der Waals surface area contributed by atoms with Crippen molar-refractivity contribution in [1.82, 2.24) is 9.97 Å². The van der Waals surface area contributed by atoms with Crippen molar-refractivity contribution in [3.8, 4) is 17.0 Å². The van der Waals surface area contributed by atoms with Crippen LogP contribution in [0.25, 0.3) is 11.3 Å². The summed E-state index contributed by atoms with van der Waals surface area (Å²) in [7, 11) is 0. The van der Waals surface area contributed by atoms with Crippen LogP contribution in [0.5, 0.6) is 5.75 Å². The molecule has 0 bridgehead atoms. The molecule has 0 saturated heterocycles. The maximum absolute atomic E-state index is 9.59. The monoisotopic (exact) mass is 425 g/mol. The quantitative estimate of drug-likeness (QED) is 0.628. The number of hydrogen-bond donors (Lipinski definition) is 3. The molecule has 1 aromatic carbocycles. The van der Waals surface area contributed by atoms with Crippen LogP contribution in [0.15, 0.2) is 29.7 Å². The molecule has 1 heterocycles. The van der Waals surface area contributed by atoms with E-state index in [1.165, 1.54) is 6.33 Å². The number of fused-ring (bicyclic) bond motifs is 3. The number of nitrogens with two attached hydrogens (primary N) is 2. The predicted octanol–water partition coefficient (Wildman–Crippen LogP) is 2.77. The van der Waals surface area contributed by atoms with Crippen LogP contribution in [0, 0.1) is 0 Å². The summed E-state index contributed by atoms with van der Waals surface area (Å²) in [4.78, 5) is 14.2. The number of oxime groups is 1.